The summed E-state index contributed by atoms with van der Waals surface area (Å²) in [6.45, 7) is 2.64. The van der Waals surface area contributed by atoms with E-state index in [9.17, 15) is 9.18 Å². The van der Waals surface area contributed by atoms with Crippen molar-refractivity contribution in [3.8, 4) is 0 Å². The van der Waals surface area contributed by atoms with Crippen LogP contribution in [0.5, 0.6) is 0 Å². The summed E-state index contributed by atoms with van der Waals surface area (Å²) in [6, 6.07) is 6.03. The zero-order valence-corrected chi connectivity index (χ0v) is 11.6. The van der Waals surface area contributed by atoms with Gasteiger partial charge < -0.3 is 10.0 Å². The van der Waals surface area contributed by atoms with E-state index in [1.165, 1.54) is 12.1 Å². The van der Waals surface area contributed by atoms with Crippen LogP contribution in [0.2, 0.25) is 0 Å². The highest BCUT2D eigenvalue weighted by atomic mass is 19.1. The SMILES string of the molecule is CC(c1ccc(F)cc1)N(C)C(=O)CN(C)CCO. The number of benzene rings is 1. The van der Waals surface area contributed by atoms with E-state index in [0.29, 0.717) is 6.54 Å². The number of nitrogens with zero attached hydrogens (tertiary/aromatic N) is 2. The van der Waals surface area contributed by atoms with Gasteiger partial charge in [-0.15, -0.1) is 0 Å². The maximum absolute atomic E-state index is 12.9. The molecule has 1 rings (SSSR count). The van der Waals surface area contributed by atoms with E-state index in [4.69, 9.17) is 5.11 Å². The van der Waals surface area contributed by atoms with Gasteiger partial charge in [0.05, 0.1) is 19.2 Å². The molecule has 1 aromatic rings. The molecule has 0 aromatic heterocycles. The Bertz CT molecular complexity index is 408. The lowest BCUT2D eigenvalue weighted by molar-refractivity contribution is -0.132. The summed E-state index contributed by atoms with van der Waals surface area (Å²) < 4.78 is 12.9. The standard InChI is InChI=1S/C14H21FN2O2/c1-11(12-4-6-13(15)7-5-12)17(3)14(19)10-16(2)8-9-18/h4-7,11,18H,8-10H2,1-3H3. The van der Waals surface area contributed by atoms with Crippen molar-refractivity contribution in [3.05, 3.63) is 35.6 Å². The van der Waals surface area contributed by atoms with Crippen molar-refractivity contribution in [2.24, 2.45) is 0 Å². The van der Waals surface area contributed by atoms with Crippen molar-refractivity contribution >= 4 is 5.91 Å². The number of likely N-dealkylation sites (N-methyl/N-ethyl adjacent to an activating group) is 2. The molecule has 0 aliphatic heterocycles. The quantitative estimate of drug-likeness (QED) is 0.845. The van der Waals surface area contributed by atoms with Gasteiger partial charge in [0.2, 0.25) is 5.91 Å². The van der Waals surface area contributed by atoms with Crippen molar-refractivity contribution in [1.82, 2.24) is 9.80 Å². The van der Waals surface area contributed by atoms with Gasteiger partial charge in [0.25, 0.3) is 0 Å². The number of carbonyl (C=O) groups is 1. The molecule has 1 unspecified atom stereocenters. The number of carbonyl (C=O) groups excluding carboxylic acids is 1. The average molecular weight is 268 g/mol. The van der Waals surface area contributed by atoms with Gasteiger partial charge in [-0.05, 0) is 31.7 Å². The molecule has 0 aliphatic rings. The maximum Gasteiger partial charge on any atom is 0.236 e. The van der Waals surface area contributed by atoms with Gasteiger partial charge in [-0.1, -0.05) is 12.1 Å². The third kappa shape index (κ3) is 4.61. The van der Waals surface area contributed by atoms with Crippen molar-refractivity contribution in [2.45, 2.75) is 13.0 Å². The normalized spacial score (nSPS) is 12.5. The fraction of sp³-hybridized carbons (Fsp3) is 0.500. The molecule has 19 heavy (non-hydrogen) atoms. The molecule has 0 saturated heterocycles. The molecule has 0 fully saturated rings. The van der Waals surface area contributed by atoms with Crippen LogP contribution < -0.4 is 0 Å². The monoisotopic (exact) mass is 268 g/mol. The Morgan fingerprint density at radius 1 is 1.32 bits per heavy atom. The lowest BCUT2D eigenvalue weighted by Crippen LogP contribution is -2.38. The van der Waals surface area contributed by atoms with Crippen LogP contribution in [0.4, 0.5) is 4.39 Å². The van der Waals surface area contributed by atoms with Crippen LogP contribution >= 0.6 is 0 Å². The summed E-state index contributed by atoms with van der Waals surface area (Å²) >= 11 is 0. The first-order chi connectivity index (χ1) is 8.95. The van der Waals surface area contributed by atoms with Crippen LogP contribution in [0.1, 0.15) is 18.5 Å². The van der Waals surface area contributed by atoms with Gasteiger partial charge in [-0.2, -0.15) is 0 Å². The number of aliphatic hydroxyl groups is 1. The van der Waals surface area contributed by atoms with E-state index in [2.05, 4.69) is 0 Å². The summed E-state index contributed by atoms with van der Waals surface area (Å²) in [5.74, 6) is -0.319. The van der Waals surface area contributed by atoms with Crippen LogP contribution in [0.15, 0.2) is 24.3 Å². The van der Waals surface area contributed by atoms with Gasteiger partial charge in [0.15, 0.2) is 0 Å². The highest BCUT2D eigenvalue weighted by Gasteiger charge is 2.18. The van der Waals surface area contributed by atoms with Crippen molar-refractivity contribution in [2.75, 3.05) is 33.8 Å². The second kappa shape index (κ2) is 7.21. The number of rotatable bonds is 6. The summed E-state index contributed by atoms with van der Waals surface area (Å²) in [4.78, 5) is 15.4. The van der Waals surface area contributed by atoms with Gasteiger partial charge in [-0.25, -0.2) is 4.39 Å². The van der Waals surface area contributed by atoms with E-state index < -0.39 is 0 Å². The molecule has 0 radical (unpaired) electrons. The minimum atomic E-state index is -0.285. The molecule has 0 saturated carbocycles. The van der Waals surface area contributed by atoms with Gasteiger partial charge in [0.1, 0.15) is 5.82 Å². The third-order valence-corrected chi connectivity index (χ3v) is 3.21. The fourth-order valence-electron chi connectivity index (χ4n) is 1.77. The molecule has 1 aromatic carbocycles. The zero-order valence-electron chi connectivity index (χ0n) is 11.6. The van der Waals surface area contributed by atoms with E-state index >= 15 is 0 Å². The first kappa shape index (κ1) is 15.6. The molecule has 0 heterocycles. The Hall–Kier alpha value is -1.46. The minimum Gasteiger partial charge on any atom is -0.395 e. The highest BCUT2D eigenvalue weighted by Crippen LogP contribution is 2.19. The fourth-order valence-corrected chi connectivity index (χ4v) is 1.77. The second-order valence-corrected chi connectivity index (χ2v) is 4.69. The average Bonchev–Trinajstić information content (AvgIpc) is 2.38. The summed E-state index contributed by atoms with van der Waals surface area (Å²) in [5.41, 5.74) is 0.891. The van der Waals surface area contributed by atoms with Gasteiger partial charge in [-0.3, -0.25) is 9.69 Å². The molecule has 0 bridgehead atoms. The Morgan fingerprint density at radius 2 is 1.89 bits per heavy atom. The summed E-state index contributed by atoms with van der Waals surface area (Å²) in [5, 5.41) is 8.80. The lowest BCUT2D eigenvalue weighted by atomic mass is 10.1. The Balaban J connectivity index is 2.63. The van der Waals surface area contributed by atoms with Crippen LogP contribution in [0.3, 0.4) is 0 Å². The van der Waals surface area contributed by atoms with Crippen LogP contribution in [0, 0.1) is 5.82 Å². The molecule has 4 nitrogen and oxygen atoms in total. The smallest absolute Gasteiger partial charge is 0.236 e. The number of halogens is 1. The van der Waals surface area contributed by atoms with Crippen molar-refractivity contribution < 1.29 is 14.3 Å². The van der Waals surface area contributed by atoms with Crippen LogP contribution in [-0.2, 0) is 4.79 Å². The largest absolute Gasteiger partial charge is 0.395 e. The van der Waals surface area contributed by atoms with Crippen LogP contribution in [0.25, 0.3) is 0 Å². The molecule has 0 aliphatic carbocycles. The minimum absolute atomic E-state index is 0.0288. The Morgan fingerprint density at radius 3 is 2.42 bits per heavy atom. The number of aliphatic hydroxyl groups excluding tert-OH is 1. The van der Waals surface area contributed by atoms with E-state index in [-0.39, 0.29) is 30.9 Å². The Kier molecular flexibility index (Phi) is 5.92. The van der Waals surface area contributed by atoms with Gasteiger partial charge in [0, 0.05) is 13.6 Å². The Labute approximate surface area is 113 Å². The van der Waals surface area contributed by atoms with Crippen molar-refractivity contribution in [3.63, 3.8) is 0 Å². The molecule has 1 amide bonds. The molecule has 1 atom stereocenters. The second-order valence-electron chi connectivity index (χ2n) is 4.69. The first-order valence-corrected chi connectivity index (χ1v) is 6.26. The third-order valence-electron chi connectivity index (χ3n) is 3.21. The first-order valence-electron chi connectivity index (χ1n) is 6.26. The number of amides is 1. The van der Waals surface area contributed by atoms with Gasteiger partial charge >= 0.3 is 0 Å². The van der Waals surface area contributed by atoms with Crippen molar-refractivity contribution in [1.29, 1.82) is 0 Å². The summed E-state index contributed by atoms with van der Waals surface area (Å²) in [7, 11) is 3.51. The van der Waals surface area contributed by atoms with Crippen LogP contribution in [-0.4, -0.2) is 54.6 Å². The predicted molar refractivity (Wildman–Crippen MR) is 72.2 cm³/mol. The molecule has 106 valence electrons. The predicted octanol–water partition coefficient (Wildman–Crippen LogP) is 1.27. The van der Waals surface area contributed by atoms with E-state index in [1.54, 1.807) is 36.0 Å². The molecule has 0 spiro atoms. The van der Waals surface area contributed by atoms with E-state index in [0.717, 1.165) is 5.56 Å². The topological polar surface area (TPSA) is 43.8 Å². The number of hydrogen-bond acceptors (Lipinski definition) is 3. The zero-order chi connectivity index (χ0) is 14.4. The number of hydrogen-bond donors (Lipinski definition) is 1. The molecular formula is C14H21FN2O2. The summed E-state index contributed by atoms with van der Waals surface area (Å²) in [6.07, 6.45) is 0. The highest BCUT2D eigenvalue weighted by molar-refractivity contribution is 5.78. The lowest BCUT2D eigenvalue weighted by Gasteiger charge is -2.27. The molecule has 5 heteroatoms. The van der Waals surface area contributed by atoms with E-state index in [1.807, 2.05) is 6.92 Å². The molecular weight excluding hydrogens is 247 g/mol. The maximum atomic E-state index is 12.9. The molecule has 1 N–H and O–H groups in total.